The molecule has 0 aliphatic carbocycles. The number of ether oxygens (including phenoxy) is 1. The second kappa shape index (κ2) is 7.40. The molecule has 0 N–H and O–H groups in total. The Hall–Kier alpha value is -1.86. The van der Waals surface area contributed by atoms with E-state index in [1.807, 2.05) is 15.9 Å². The molecule has 6 nitrogen and oxygen atoms in total. The number of nitrogens with zero attached hydrogens (tertiary/aromatic N) is 3. The Morgan fingerprint density at radius 2 is 1.88 bits per heavy atom. The maximum atomic E-state index is 13.0. The van der Waals surface area contributed by atoms with Gasteiger partial charge in [0.25, 0.3) is 5.91 Å². The van der Waals surface area contributed by atoms with Gasteiger partial charge in [-0.15, -0.1) is 11.3 Å². The first-order chi connectivity index (χ1) is 12.7. The van der Waals surface area contributed by atoms with Crippen molar-refractivity contribution in [2.75, 3.05) is 39.4 Å². The molecule has 4 heterocycles. The van der Waals surface area contributed by atoms with Gasteiger partial charge in [-0.1, -0.05) is 0 Å². The molecule has 0 saturated carbocycles. The Bertz CT molecular complexity index is 798. The summed E-state index contributed by atoms with van der Waals surface area (Å²) in [6.45, 7) is 6.82. The van der Waals surface area contributed by atoms with E-state index in [1.54, 1.807) is 11.3 Å². The van der Waals surface area contributed by atoms with Crippen LogP contribution in [0.3, 0.4) is 0 Å². The Morgan fingerprint density at radius 1 is 1.15 bits per heavy atom. The molecular formula is C19H25N3O3S. The molecule has 2 aliphatic heterocycles. The van der Waals surface area contributed by atoms with Crippen LogP contribution < -0.4 is 0 Å². The number of amides is 2. The van der Waals surface area contributed by atoms with Crippen LogP contribution in [0.5, 0.6) is 0 Å². The zero-order valence-electron chi connectivity index (χ0n) is 15.1. The van der Waals surface area contributed by atoms with Crippen molar-refractivity contribution >= 4 is 33.4 Å². The largest absolute Gasteiger partial charge is 0.378 e. The van der Waals surface area contributed by atoms with E-state index >= 15 is 0 Å². The SMILES string of the molecule is CCn1c(C(=O)N2CCC(C(=O)N3CCOCC3)CC2)cc2sccc21. The first kappa shape index (κ1) is 17.5. The molecule has 0 spiro atoms. The Balaban J connectivity index is 1.41. The number of hydrogen-bond donors (Lipinski definition) is 0. The molecule has 2 fully saturated rings. The number of hydrogen-bond acceptors (Lipinski definition) is 4. The number of carbonyl (C=O) groups is 2. The van der Waals surface area contributed by atoms with Gasteiger partial charge in [-0.3, -0.25) is 9.59 Å². The molecule has 4 rings (SSSR count). The lowest BCUT2D eigenvalue weighted by molar-refractivity contribution is -0.141. The number of likely N-dealkylation sites (tertiary alicyclic amines) is 1. The van der Waals surface area contributed by atoms with Crippen molar-refractivity contribution < 1.29 is 14.3 Å². The number of morpholine rings is 1. The second-order valence-electron chi connectivity index (χ2n) is 6.95. The van der Waals surface area contributed by atoms with Crippen LogP contribution in [0, 0.1) is 5.92 Å². The van der Waals surface area contributed by atoms with Crippen molar-refractivity contribution in [1.82, 2.24) is 14.4 Å². The van der Waals surface area contributed by atoms with E-state index in [4.69, 9.17) is 4.74 Å². The molecule has 2 aromatic rings. The predicted molar refractivity (Wildman–Crippen MR) is 102 cm³/mol. The summed E-state index contributed by atoms with van der Waals surface area (Å²) in [5.74, 6) is 0.365. The van der Waals surface area contributed by atoms with Gasteiger partial charge in [-0.25, -0.2) is 0 Å². The van der Waals surface area contributed by atoms with Crippen LogP contribution in [0.15, 0.2) is 17.5 Å². The molecule has 0 bridgehead atoms. The van der Waals surface area contributed by atoms with Crippen LogP contribution in [0.4, 0.5) is 0 Å². The van der Waals surface area contributed by atoms with Crippen LogP contribution in [0.1, 0.15) is 30.3 Å². The normalized spacial score (nSPS) is 19.3. The molecule has 2 amide bonds. The van der Waals surface area contributed by atoms with Crippen molar-refractivity contribution in [2.24, 2.45) is 5.92 Å². The Morgan fingerprint density at radius 3 is 2.58 bits per heavy atom. The van der Waals surface area contributed by atoms with E-state index in [-0.39, 0.29) is 17.7 Å². The van der Waals surface area contributed by atoms with E-state index in [1.165, 1.54) is 0 Å². The Kier molecular flexibility index (Phi) is 5.00. The van der Waals surface area contributed by atoms with Gasteiger partial charge in [-0.05, 0) is 37.3 Å². The van der Waals surface area contributed by atoms with Crippen LogP contribution >= 0.6 is 11.3 Å². The van der Waals surface area contributed by atoms with Crippen LogP contribution in [0.25, 0.3) is 10.2 Å². The Labute approximate surface area is 157 Å². The summed E-state index contributed by atoms with van der Waals surface area (Å²) < 4.78 is 8.58. The zero-order chi connectivity index (χ0) is 18.1. The average Bonchev–Trinajstić information content (AvgIpc) is 3.28. The van der Waals surface area contributed by atoms with Crippen molar-refractivity contribution in [1.29, 1.82) is 0 Å². The molecule has 2 aromatic heterocycles. The van der Waals surface area contributed by atoms with Gasteiger partial charge in [0, 0.05) is 38.6 Å². The molecule has 26 heavy (non-hydrogen) atoms. The van der Waals surface area contributed by atoms with Crippen molar-refractivity contribution in [3.05, 3.63) is 23.2 Å². The fraction of sp³-hybridized carbons (Fsp3) is 0.579. The lowest BCUT2D eigenvalue weighted by atomic mass is 9.95. The standard InChI is InChI=1S/C19H25N3O3S/c1-2-22-15-5-12-26-17(15)13-16(22)19(24)20-6-3-14(4-7-20)18(23)21-8-10-25-11-9-21/h5,12-14H,2-4,6-11H2,1H3. The number of thiophene rings is 1. The number of rotatable bonds is 3. The zero-order valence-corrected chi connectivity index (χ0v) is 16.0. The van der Waals surface area contributed by atoms with Gasteiger partial charge in [0.15, 0.2) is 0 Å². The van der Waals surface area contributed by atoms with Crippen molar-refractivity contribution in [2.45, 2.75) is 26.3 Å². The van der Waals surface area contributed by atoms with Gasteiger partial charge in [-0.2, -0.15) is 0 Å². The maximum absolute atomic E-state index is 13.0. The quantitative estimate of drug-likeness (QED) is 0.828. The lowest BCUT2D eigenvalue weighted by Gasteiger charge is -2.35. The van der Waals surface area contributed by atoms with Gasteiger partial charge in [0.05, 0.1) is 23.4 Å². The molecule has 0 aromatic carbocycles. The third kappa shape index (κ3) is 3.14. The molecule has 0 unspecified atom stereocenters. The number of piperidine rings is 1. The van der Waals surface area contributed by atoms with Gasteiger partial charge in [0.2, 0.25) is 5.91 Å². The van der Waals surface area contributed by atoms with Gasteiger partial charge >= 0.3 is 0 Å². The summed E-state index contributed by atoms with van der Waals surface area (Å²) in [5.41, 5.74) is 1.91. The minimum atomic E-state index is 0.0404. The first-order valence-corrected chi connectivity index (χ1v) is 10.3. The third-order valence-corrected chi connectivity index (χ3v) is 6.37. The third-order valence-electron chi connectivity index (χ3n) is 5.51. The highest BCUT2D eigenvalue weighted by molar-refractivity contribution is 7.17. The van der Waals surface area contributed by atoms with E-state index < -0.39 is 0 Å². The number of fused-ring (bicyclic) bond motifs is 1. The number of aromatic nitrogens is 1. The molecule has 140 valence electrons. The molecule has 7 heteroatoms. The first-order valence-electron chi connectivity index (χ1n) is 9.41. The van der Waals surface area contributed by atoms with E-state index in [0.717, 1.165) is 35.3 Å². The highest BCUT2D eigenvalue weighted by Crippen LogP contribution is 2.27. The minimum Gasteiger partial charge on any atom is -0.378 e. The summed E-state index contributed by atoms with van der Waals surface area (Å²) in [6.07, 6.45) is 1.51. The van der Waals surface area contributed by atoms with Crippen LogP contribution in [-0.2, 0) is 16.1 Å². The van der Waals surface area contributed by atoms with E-state index in [0.29, 0.717) is 39.4 Å². The van der Waals surface area contributed by atoms with Crippen molar-refractivity contribution in [3.63, 3.8) is 0 Å². The number of carbonyl (C=O) groups excluding carboxylic acids is 2. The van der Waals surface area contributed by atoms with E-state index in [2.05, 4.69) is 22.9 Å². The molecule has 2 aliphatic rings. The fourth-order valence-electron chi connectivity index (χ4n) is 4.03. The highest BCUT2D eigenvalue weighted by atomic mass is 32.1. The topological polar surface area (TPSA) is 54.8 Å². The summed E-state index contributed by atoms with van der Waals surface area (Å²) in [4.78, 5) is 29.5. The number of aryl methyl sites for hydroxylation is 1. The second-order valence-corrected chi connectivity index (χ2v) is 7.90. The lowest BCUT2D eigenvalue weighted by Crippen LogP contribution is -2.47. The average molecular weight is 375 g/mol. The highest BCUT2D eigenvalue weighted by Gasteiger charge is 2.32. The summed E-state index contributed by atoms with van der Waals surface area (Å²) in [7, 11) is 0. The smallest absolute Gasteiger partial charge is 0.270 e. The maximum Gasteiger partial charge on any atom is 0.270 e. The summed E-state index contributed by atoms with van der Waals surface area (Å²) in [6, 6.07) is 4.09. The fourth-order valence-corrected chi connectivity index (χ4v) is 4.85. The minimum absolute atomic E-state index is 0.0404. The molecular weight excluding hydrogens is 350 g/mol. The molecule has 0 radical (unpaired) electrons. The monoisotopic (exact) mass is 375 g/mol. The summed E-state index contributed by atoms with van der Waals surface area (Å²) >= 11 is 1.67. The van der Waals surface area contributed by atoms with Gasteiger partial charge < -0.3 is 19.1 Å². The predicted octanol–water partition coefficient (Wildman–Crippen LogP) is 2.43. The molecule has 0 atom stereocenters. The van der Waals surface area contributed by atoms with Gasteiger partial charge in [0.1, 0.15) is 5.69 Å². The van der Waals surface area contributed by atoms with Crippen LogP contribution in [0.2, 0.25) is 0 Å². The van der Waals surface area contributed by atoms with Crippen molar-refractivity contribution in [3.8, 4) is 0 Å². The van der Waals surface area contributed by atoms with E-state index in [9.17, 15) is 9.59 Å². The van der Waals surface area contributed by atoms with Crippen LogP contribution in [-0.4, -0.2) is 65.6 Å². The summed E-state index contributed by atoms with van der Waals surface area (Å²) in [5, 5.41) is 2.06. The molecule has 2 saturated heterocycles.